The van der Waals surface area contributed by atoms with Gasteiger partial charge >= 0.3 is 0 Å². The van der Waals surface area contributed by atoms with Crippen molar-refractivity contribution in [3.8, 4) is 0 Å². The fourth-order valence-corrected chi connectivity index (χ4v) is 4.54. The minimum atomic E-state index is 0.689. The maximum Gasteiger partial charge on any atom is 0.194 e. The molecule has 1 atom stereocenters. The second-order valence-electron chi connectivity index (χ2n) is 7.03. The molecule has 2 aliphatic heterocycles. The third-order valence-corrected chi connectivity index (χ3v) is 6.13. The summed E-state index contributed by atoms with van der Waals surface area (Å²) in [5, 5.41) is 4.59. The Morgan fingerprint density at radius 1 is 1.29 bits per heavy atom. The maximum absolute atomic E-state index is 4.85. The zero-order chi connectivity index (χ0) is 16.9. The van der Waals surface area contributed by atoms with Crippen LogP contribution in [0, 0.1) is 19.8 Å². The number of hydrogen-bond donors (Lipinski definition) is 1. The molecule has 24 heavy (non-hydrogen) atoms. The molecule has 0 spiro atoms. The summed E-state index contributed by atoms with van der Waals surface area (Å²) >= 11 is 1.77. The highest BCUT2D eigenvalue weighted by Crippen LogP contribution is 2.21. The number of thiazole rings is 1. The second kappa shape index (κ2) is 8.30. The van der Waals surface area contributed by atoms with E-state index in [2.05, 4.69) is 40.9 Å². The smallest absolute Gasteiger partial charge is 0.194 e. The van der Waals surface area contributed by atoms with Gasteiger partial charge in [0.15, 0.2) is 5.96 Å². The number of hydrogen-bond acceptors (Lipinski definition) is 4. The van der Waals surface area contributed by atoms with Crippen LogP contribution in [0.25, 0.3) is 0 Å². The van der Waals surface area contributed by atoms with Crippen molar-refractivity contribution in [3.63, 3.8) is 0 Å². The summed E-state index contributed by atoms with van der Waals surface area (Å²) < 4.78 is 0. The van der Waals surface area contributed by atoms with Gasteiger partial charge in [-0.05, 0) is 59.0 Å². The summed E-state index contributed by atoms with van der Waals surface area (Å²) in [7, 11) is 0. The fraction of sp³-hybridized carbons (Fsp3) is 0.778. The van der Waals surface area contributed by atoms with Gasteiger partial charge in [-0.15, -0.1) is 11.3 Å². The van der Waals surface area contributed by atoms with E-state index in [9.17, 15) is 0 Å². The maximum atomic E-state index is 4.85. The van der Waals surface area contributed by atoms with Gasteiger partial charge in [0.1, 0.15) is 5.01 Å². The molecule has 1 aromatic heterocycles. The molecule has 2 saturated heterocycles. The van der Waals surface area contributed by atoms with Crippen LogP contribution in [-0.4, -0.2) is 60.0 Å². The predicted octanol–water partition coefficient (Wildman–Crippen LogP) is 2.64. The molecule has 0 bridgehead atoms. The van der Waals surface area contributed by atoms with E-state index in [1.54, 1.807) is 11.3 Å². The van der Waals surface area contributed by atoms with Gasteiger partial charge in [0, 0.05) is 31.1 Å². The van der Waals surface area contributed by atoms with Gasteiger partial charge in [-0.3, -0.25) is 0 Å². The van der Waals surface area contributed by atoms with E-state index < -0.39 is 0 Å². The normalized spacial score (nSPS) is 22.5. The highest BCUT2D eigenvalue weighted by molar-refractivity contribution is 7.11. The fourth-order valence-electron chi connectivity index (χ4n) is 3.68. The molecule has 134 valence electrons. The molecule has 0 aromatic carbocycles. The molecule has 0 aliphatic carbocycles. The summed E-state index contributed by atoms with van der Waals surface area (Å²) in [6.45, 7) is 14.1. The first-order valence-corrected chi connectivity index (χ1v) is 10.2. The second-order valence-corrected chi connectivity index (χ2v) is 8.32. The van der Waals surface area contributed by atoms with Crippen LogP contribution in [0.2, 0.25) is 0 Å². The van der Waals surface area contributed by atoms with Crippen molar-refractivity contribution in [2.75, 3.05) is 39.3 Å². The molecule has 1 unspecified atom stereocenters. The van der Waals surface area contributed by atoms with Crippen molar-refractivity contribution in [3.05, 3.63) is 15.6 Å². The molecule has 0 saturated carbocycles. The molecule has 1 N–H and O–H groups in total. The number of nitrogens with zero attached hydrogens (tertiary/aromatic N) is 4. The summed E-state index contributed by atoms with van der Waals surface area (Å²) in [6, 6.07) is 0. The molecule has 2 fully saturated rings. The largest absolute Gasteiger partial charge is 0.357 e. The lowest BCUT2D eigenvalue weighted by Gasteiger charge is -2.23. The van der Waals surface area contributed by atoms with E-state index in [0.29, 0.717) is 6.54 Å². The highest BCUT2D eigenvalue weighted by atomic mass is 32.1. The van der Waals surface area contributed by atoms with Crippen molar-refractivity contribution >= 4 is 17.3 Å². The molecule has 0 amide bonds. The van der Waals surface area contributed by atoms with Gasteiger partial charge in [-0.1, -0.05) is 0 Å². The Balaban J connectivity index is 1.57. The van der Waals surface area contributed by atoms with Gasteiger partial charge < -0.3 is 15.1 Å². The van der Waals surface area contributed by atoms with Crippen LogP contribution in [0.1, 0.15) is 41.8 Å². The van der Waals surface area contributed by atoms with E-state index in [0.717, 1.165) is 42.2 Å². The van der Waals surface area contributed by atoms with Crippen molar-refractivity contribution in [1.82, 2.24) is 20.1 Å². The van der Waals surface area contributed by atoms with Crippen molar-refractivity contribution in [2.45, 2.75) is 46.6 Å². The first kappa shape index (κ1) is 17.7. The standard InChI is InChI=1S/C18H31N5S/c1-4-19-18(20-11-17-21-14(2)15(3)24-17)23-10-7-16(13-23)12-22-8-5-6-9-22/h16H,4-13H2,1-3H3,(H,19,20). The Hall–Kier alpha value is -1.14. The van der Waals surface area contributed by atoms with Gasteiger partial charge in [0.25, 0.3) is 0 Å². The zero-order valence-electron chi connectivity index (χ0n) is 15.3. The Kier molecular flexibility index (Phi) is 6.11. The Bertz CT molecular complexity index is 542. The molecular weight excluding hydrogens is 318 g/mol. The van der Waals surface area contributed by atoms with Crippen molar-refractivity contribution < 1.29 is 0 Å². The Morgan fingerprint density at radius 3 is 2.75 bits per heavy atom. The molecule has 3 rings (SSSR count). The van der Waals surface area contributed by atoms with Crippen LogP contribution < -0.4 is 5.32 Å². The van der Waals surface area contributed by atoms with Gasteiger partial charge in [0.05, 0.1) is 12.2 Å². The van der Waals surface area contributed by atoms with Crippen LogP contribution >= 0.6 is 11.3 Å². The Labute approximate surface area is 150 Å². The molecule has 1 aromatic rings. The number of likely N-dealkylation sites (tertiary alicyclic amines) is 2. The number of aryl methyl sites for hydroxylation is 2. The summed E-state index contributed by atoms with van der Waals surface area (Å²) in [6.07, 6.45) is 4.05. The third kappa shape index (κ3) is 4.48. The lowest BCUT2D eigenvalue weighted by atomic mass is 10.1. The van der Waals surface area contributed by atoms with E-state index >= 15 is 0 Å². The van der Waals surface area contributed by atoms with Crippen LogP contribution in [0.5, 0.6) is 0 Å². The average molecular weight is 350 g/mol. The number of guanidine groups is 1. The summed E-state index contributed by atoms with van der Waals surface area (Å²) in [5.74, 6) is 1.85. The lowest BCUT2D eigenvalue weighted by molar-refractivity contribution is 0.281. The first-order chi connectivity index (χ1) is 11.7. The molecule has 0 radical (unpaired) electrons. The minimum absolute atomic E-state index is 0.689. The number of rotatable bonds is 5. The van der Waals surface area contributed by atoms with Crippen LogP contribution in [0.4, 0.5) is 0 Å². The minimum Gasteiger partial charge on any atom is -0.357 e. The average Bonchev–Trinajstić information content (AvgIpc) is 3.28. The zero-order valence-corrected chi connectivity index (χ0v) is 16.2. The number of aliphatic imine (C=N–C) groups is 1. The van der Waals surface area contributed by atoms with Crippen molar-refractivity contribution in [1.29, 1.82) is 0 Å². The van der Waals surface area contributed by atoms with Gasteiger partial charge in [-0.25, -0.2) is 9.98 Å². The van der Waals surface area contributed by atoms with Crippen LogP contribution in [0.3, 0.4) is 0 Å². The molecule has 6 heteroatoms. The number of nitrogens with one attached hydrogen (secondary N) is 1. The van der Waals surface area contributed by atoms with E-state index in [-0.39, 0.29) is 0 Å². The van der Waals surface area contributed by atoms with Gasteiger partial charge in [-0.2, -0.15) is 0 Å². The topological polar surface area (TPSA) is 43.8 Å². The first-order valence-electron chi connectivity index (χ1n) is 9.34. The SMILES string of the molecule is CCNC(=NCc1nc(C)c(C)s1)N1CCC(CN2CCCC2)C1. The van der Waals surface area contributed by atoms with Gasteiger partial charge in [0.2, 0.25) is 0 Å². The molecular formula is C18H31N5S. The highest BCUT2D eigenvalue weighted by Gasteiger charge is 2.27. The van der Waals surface area contributed by atoms with E-state index in [4.69, 9.17) is 4.99 Å². The molecule has 3 heterocycles. The van der Waals surface area contributed by atoms with Crippen LogP contribution in [-0.2, 0) is 6.54 Å². The Morgan fingerprint density at radius 2 is 2.08 bits per heavy atom. The third-order valence-electron chi connectivity index (χ3n) is 5.07. The van der Waals surface area contributed by atoms with Crippen molar-refractivity contribution in [2.24, 2.45) is 10.9 Å². The van der Waals surface area contributed by atoms with E-state index in [1.165, 1.54) is 43.8 Å². The number of aromatic nitrogens is 1. The molecule has 5 nitrogen and oxygen atoms in total. The summed E-state index contributed by atoms with van der Waals surface area (Å²) in [4.78, 5) is 15.8. The summed E-state index contributed by atoms with van der Waals surface area (Å²) in [5.41, 5.74) is 1.14. The van der Waals surface area contributed by atoms with Crippen LogP contribution in [0.15, 0.2) is 4.99 Å². The van der Waals surface area contributed by atoms with E-state index in [1.807, 2.05) is 0 Å². The monoisotopic (exact) mass is 349 g/mol. The molecule has 2 aliphatic rings. The predicted molar refractivity (Wildman–Crippen MR) is 102 cm³/mol. The quantitative estimate of drug-likeness (QED) is 0.656. The lowest BCUT2D eigenvalue weighted by Crippen LogP contribution is -2.40.